The molecule has 0 bridgehead atoms. The molecule has 1 atom stereocenters. The monoisotopic (exact) mass is 381 g/mol. The minimum Gasteiger partial charge on any atom is -0.548 e. The molecule has 2 N–H and O–H groups in total. The summed E-state index contributed by atoms with van der Waals surface area (Å²) in [6.07, 6.45) is 0. The Hall–Kier alpha value is -2.23. The van der Waals surface area contributed by atoms with Crippen molar-refractivity contribution in [3.8, 4) is 0 Å². The largest absolute Gasteiger partial charge is 0.548 e. The van der Waals surface area contributed by atoms with Gasteiger partial charge in [0.05, 0.1) is 21.8 Å². The van der Waals surface area contributed by atoms with E-state index in [2.05, 4.69) is 10.0 Å². The molecule has 1 amide bonds. The van der Waals surface area contributed by atoms with E-state index in [-0.39, 0.29) is 9.77 Å². The number of rotatable bonds is 7. The summed E-state index contributed by atoms with van der Waals surface area (Å²) in [6.45, 7) is 3.13. The molecule has 0 unspecified atom stereocenters. The van der Waals surface area contributed by atoms with Crippen LogP contribution in [0.5, 0.6) is 0 Å². The Kier molecular flexibility index (Phi) is 5.93. The minimum absolute atomic E-state index is 0.164. The number of anilines is 1. The fraction of sp³-hybridized carbons (Fsp3) is 0.250. The predicted molar refractivity (Wildman–Crippen MR) is 92.7 cm³/mol. The summed E-state index contributed by atoms with van der Waals surface area (Å²) in [6, 6.07) is 8.59. The van der Waals surface area contributed by atoms with E-state index in [0.717, 1.165) is 11.3 Å². The zero-order valence-corrected chi connectivity index (χ0v) is 15.2. The highest BCUT2D eigenvalue weighted by Gasteiger charge is 2.25. The van der Waals surface area contributed by atoms with Gasteiger partial charge in [-0.1, -0.05) is 32.0 Å². The zero-order chi connectivity index (χ0) is 18.6. The van der Waals surface area contributed by atoms with Gasteiger partial charge in [0.15, 0.2) is 0 Å². The summed E-state index contributed by atoms with van der Waals surface area (Å²) in [7, 11) is -4.08. The van der Waals surface area contributed by atoms with Gasteiger partial charge >= 0.3 is 0 Å². The van der Waals surface area contributed by atoms with Crippen LogP contribution in [0.15, 0.2) is 46.7 Å². The lowest BCUT2D eigenvalue weighted by Crippen LogP contribution is -2.50. The quantitative estimate of drug-likeness (QED) is 0.744. The van der Waals surface area contributed by atoms with E-state index in [9.17, 15) is 23.1 Å². The van der Waals surface area contributed by atoms with E-state index in [1.807, 2.05) is 0 Å². The molecule has 0 aliphatic rings. The first kappa shape index (κ1) is 19.1. The molecule has 0 saturated carbocycles. The van der Waals surface area contributed by atoms with Crippen LogP contribution in [0.3, 0.4) is 0 Å². The molecule has 1 aromatic carbocycles. The first-order valence-electron chi connectivity index (χ1n) is 7.39. The van der Waals surface area contributed by atoms with Gasteiger partial charge in [-0.15, -0.1) is 11.3 Å². The van der Waals surface area contributed by atoms with Crippen LogP contribution in [0.2, 0.25) is 0 Å². The Bertz CT molecular complexity index is 860. The van der Waals surface area contributed by atoms with Crippen molar-refractivity contribution in [2.45, 2.75) is 24.8 Å². The molecule has 134 valence electrons. The average molecular weight is 381 g/mol. The summed E-state index contributed by atoms with van der Waals surface area (Å²) >= 11 is 0.953. The van der Waals surface area contributed by atoms with Crippen LogP contribution in [0.25, 0.3) is 0 Å². The van der Waals surface area contributed by atoms with Crippen molar-refractivity contribution >= 4 is 38.9 Å². The molecule has 0 saturated heterocycles. The van der Waals surface area contributed by atoms with Gasteiger partial charge in [0.1, 0.15) is 0 Å². The van der Waals surface area contributed by atoms with Crippen LogP contribution in [0, 0.1) is 5.92 Å². The SMILES string of the molecule is CC(C)[C@@H](NS(=O)(=O)c1csc(C(=O)Nc2ccccc2)c1)C(=O)[O-]. The lowest BCUT2D eigenvalue weighted by Gasteiger charge is -2.22. The summed E-state index contributed by atoms with van der Waals surface area (Å²) < 4.78 is 26.7. The summed E-state index contributed by atoms with van der Waals surface area (Å²) in [4.78, 5) is 23.3. The van der Waals surface area contributed by atoms with Crippen LogP contribution in [0.4, 0.5) is 5.69 Å². The number of carbonyl (C=O) groups is 2. The third kappa shape index (κ3) is 4.88. The topological polar surface area (TPSA) is 115 Å². The van der Waals surface area contributed by atoms with Gasteiger partial charge in [0, 0.05) is 11.1 Å². The second-order valence-corrected chi connectivity index (χ2v) is 8.25. The summed E-state index contributed by atoms with van der Waals surface area (Å²) in [5.74, 6) is -2.44. The molecular weight excluding hydrogens is 364 g/mol. The molecular formula is C16H17N2O5S2-. The first-order valence-corrected chi connectivity index (χ1v) is 9.75. The smallest absolute Gasteiger partial charge is 0.265 e. The maximum atomic E-state index is 12.3. The molecule has 0 aliphatic carbocycles. The highest BCUT2D eigenvalue weighted by Crippen LogP contribution is 2.21. The fourth-order valence-electron chi connectivity index (χ4n) is 1.98. The molecule has 0 fully saturated rings. The van der Waals surface area contributed by atoms with Crippen LogP contribution in [-0.2, 0) is 14.8 Å². The van der Waals surface area contributed by atoms with Gasteiger partial charge in [-0.25, -0.2) is 13.1 Å². The van der Waals surface area contributed by atoms with E-state index in [4.69, 9.17) is 0 Å². The van der Waals surface area contributed by atoms with Crippen molar-refractivity contribution in [2.75, 3.05) is 5.32 Å². The van der Waals surface area contributed by atoms with E-state index in [1.165, 1.54) is 11.4 Å². The molecule has 0 radical (unpaired) electrons. The lowest BCUT2D eigenvalue weighted by molar-refractivity contribution is -0.309. The molecule has 25 heavy (non-hydrogen) atoms. The number of hydrogen-bond donors (Lipinski definition) is 2. The Balaban J connectivity index is 2.16. The van der Waals surface area contributed by atoms with Crippen LogP contribution in [-0.4, -0.2) is 26.3 Å². The summed E-state index contributed by atoms with van der Waals surface area (Å²) in [5, 5.41) is 15.0. The van der Waals surface area contributed by atoms with E-state index in [0.29, 0.717) is 5.69 Å². The second kappa shape index (κ2) is 7.77. The van der Waals surface area contributed by atoms with Gasteiger partial charge in [0.2, 0.25) is 10.0 Å². The fourth-order valence-corrected chi connectivity index (χ4v) is 4.49. The van der Waals surface area contributed by atoms with E-state index >= 15 is 0 Å². The summed E-state index contributed by atoms with van der Waals surface area (Å²) in [5.41, 5.74) is 0.584. The minimum atomic E-state index is -4.08. The van der Waals surface area contributed by atoms with Crippen molar-refractivity contribution in [3.05, 3.63) is 46.7 Å². The average Bonchev–Trinajstić information content (AvgIpc) is 3.04. The van der Waals surface area contributed by atoms with E-state index < -0.39 is 33.9 Å². The zero-order valence-electron chi connectivity index (χ0n) is 13.6. The van der Waals surface area contributed by atoms with Crippen molar-refractivity contribution < 1.29 is 23.1 Å². The van der Waals surface area contributed by atoms with E-state index in [1.54, 1.807) is 44.2 Å². The highest BCUT2D eigenvalue weighted by atomic mass is 32.2. The Labute approximate surface area is 149 Å². The molecule has 9 heteroatoms. The maximum absolute atomic E-state index is 12.3. The maximum Gasteiger partial charge on any atom is 0.265 e. The van der Waals surface area contributed by atoms with Gasteiger partial charge in [-0.2, -0.15) is 0 Å². The number of thiophene rings is 1. The Morgan fingerprint density at radius 3 is 2.36 bits per heavy atom. The normalized spacial score (nSPS) is 12.8. The molecule has 2 aromatic rings. The standard InChI is InChI=1S/C16H18N2O5S2/c1-10(2)14(16(20)21)18-25(22,23)12-8-13(24-9-12)15(19)17-11-6-4-3-5-7-11/h3-10,14,18H,1-2H3,(H,17,19)(H,20,21)/p-1/t14-/m1/s1. The number of amides is 1. The number of nitrogens with one attached hydrogen (secondary N) is 2. The van der Waals surface area contributed by atoms with Crippen LogP contribution >= 0.6 is 11.3 Å². The van der Waals surface area contributed by atoms with Gasteiger partial charge < -0.3 is 15.2 Å². The molecule has 2 rings (SSSR count). The number of aliphatic carboxylic acids is 1. The predicted octanol–water partition coefficient (Wildman–Crippen LogP) is 1.05. The number of carboxylic acids is 1. The number of para-hydroxylation sites is 1. The van der Waals surface area contributed by atoms with Gasteiger partial charge in [0.25, 0.3) is 5.91 Å². The van der Waals surface area contributed by atoms with Gasteiger partial charge in [-0.3, -0.25) is 4.79 Å². The van der Waals surface area contributed by atoms with Crippen molar-refractivity contribution in [3.63, 3.8) is 0 Å². The Morgan fingerprint density at radius 2 is 1.80 bits per heavy atom. The number of benzene rings is 1. The molecule has 1 aromatic heterocycles. The van der Waals surface area contributed by atoms with Crippen molar-refractivity contribution in [1.29, 1.82) is 0 Å². The van der Waals surface area contributed by atoms with Crippen molar-refractivity contribution in [1.82, 2.24) is 4.72 Å². The number of carboxylic acid groups (broad SMARTS) is 1. The van der Waals surface area contributed by atoms with Gasteiger partial charge in [-0.05, 0) is 24.1 Å². The lowest BCUT2D eigenvalue weighted by atomic mass is 10.1. The molecule has 1 heterocycles. The second-order valence-electron chi connectivity index (χ2n) is 5.63. The number of sulfonamides is 1. The third-order valence-electron chi connectivity index (χ3n) is 3.34. The highest BCUT2D eigenvalue weighted by molar-refractivity contribution is 7.89. The molecule has 0 aliphatic heterocycles. The van der Waals surface area contributed by atoms with Crippen LogP contribution in [0.1, 0.15) is 23.5 Å². The first-order chi connectivity index (χ1) is 11.7. The van der Waals surface area contributed by atoms with Crippen LogP contribution < -0.4 is 15.1 Å². The van der Waals surface area contributed by atoms with Crippen molar-refractivity contribution in [2.24, 2.45) is 5.92 Å². The number of carbonyl (C=O) groups excluding carboxylic acids is 2. The molecule has 0 spiro atoms. The number of hydrogen-bond acceptors (Lipinski definition) is 6. The third-order valence-corrected chi connectivity index (χ3v) is 5.84. The Morgan fingerprint density at radius 1 is 1.16 bits per heavy atom. The molecule has 7 nitrogen and oxygen atoms in total.